The average molecular weight is 244 g/mol. The van der Waals surface area contributed by atoms with Gasteiger partial charge in [-0.2, -0.15) is 16.9 Å². The highest BCUT2D eigenvalue weighted by molar-refractivity contribution is 7.99. The molecule has 2 heterocycles. The fourth-order valence-corrected chi connectivity index (χ4v) is 3.33. The molecule has 1 saturated heterocycles. The van der Waals surface area contributed by atoms with E-state index in [1.54, 1.807) is 11.8 Å². The van der Waals surface area contributed by atoms with E-state index in [9.17, 15) is 9.18 Å². The number of carboxylic acids is 1. The van der Waals surface area contributed by atoms with E-state index in [-0.39, 0.29) is 6.42 Å². The van der Waals surface area contributed by atoms with Gasteiger partial charge in [-0.25, -0.2) is 4.39 Å². The van der Waals surface area contributed by atoms with Crippen LogP contribution in [0.25, 0.3) is 0 Å². The van der Waals surface area contributed by atoms with Crippen LogP contribution in [0.15, 0.2) is 12.4 Å². The predicted octanol–water partition coefficient (Wildman–Crippen LogP) is 1.72. The number of hydrogen-bond acceptors (Lipinski definition) is 3. The first-order valence-corrected chi connectivity index (χ1v) is 6.28. The van der Waals surface area contributed by atoms with Gasteiger partial charge in [-0.1, -0.05) is 0 Å². The molecular formula is C10H13FN2O2S. The molecule has 16 heavy (non-hydrogen) atoms. The molecule has 0 aliphatic carbocycles. The summed E-state index contributed by atoms with van der Waals surface area (Å²) >= 11 is 1.80. The molecule has 1 N–H and O–H groups in total. The predicted molar refractivity (Wildman–Crippen MR) is 59.0 cm³/mol. The van der Waals surface area contributed by atoms with E-state index in [0.29, 0.717) is 0 Å². The molecule has 1 aromatic rings. The molecule has 0 amide bonds. The van der Waals surface area contributed by atoms with Crippen molar-refractivity contribution in [3.05, 3.63) is 18.2 Å². The molecule has 4 nitrogen and oxygen atoms in total. The molecule has 1 fully saturated rings. The van der Waals surface area contributed by atoms with Gasteiger partial charge < -0.3 is 5.11 Å². The van der Waals surface area contributed by atoms with Crippen LogP contribution in [0.3, 0.4) is 0 Å². The molecule has 2 rings (SSSR count). The maximum Gasteiger partial charge on any atom is 0.305 e. The largest absolute Gasteiger partial charge is 0.481 e. The number of carbonyl (C=O) groups is 1. The second kappa shape index (κ2) is 4.45. The van der Waals surface area contributed by atoms with Gasteiger partial charge in [0.25, 0.3) is 0 Å². The smallest absolute Gasteiger partial charge is 0.305 e. The Bertz CT molecular complexity index is 388. The molecule has 0 spiro atoms. The number of hydrogen-bond donors (Lipinski definition) is 1. The van der Waals surface area contributed by atoms with Crippen molar-refractivity contribution >= 4 is 17.7 Å². The first-order valence-electron chi connectivity index (χ1n) is 5.13. The molecule has 0 saturated carbocycles. The normalized spacial score (nSPS) is 19.6. The van der Waals surface area contributed by atoms with Crippen LogP contribution in [-0.2, 0) is 10.3 Å². The van der Waals surface area contributed by atoms with Crippen LogP contribution in [0.4, 0.5) is 4.39 Å². The van der Waals surface area contributed by atoms with Crippen molar-refractivity contribution in [1.29, 1.82) is 0 Å². The summed E-state index contributed by atoms with van der Waals surface area (Å²) in [6.07, 6.45) is 3.88. The highest BCUT2D eigenvalue weighted by atomic mass is 32.2. The third-order valence-electron chi connectivity index (χ3n) is 2.94. The Balaban J connectivity index is 2.29. The topological polar surface area (TPSA) is 55.1 Å². The van der Waals surface area contributed by atoms with Gasteiger partial charge in [0.2, 0.25) is 0 Å². The number of thioether (sulfide) groups is 1. The molecule has 1 aromatic heterocycles. The number of carboxylic acid groups (broad SMARTS) is 1. The van der Waals surface area contributed by atoms with Crippen LogP contribution in [-0.4, -0.2) is 32.4 Å². The summed E-state index contributed by atoms with van der Waals surface area (Å²) in [5.74, 6) is 0.523. The zero-order valence-electron chi connectivity index (χ0n) is 8.73. The second-order valence-electron chi connectivity index (χ2n) is 4.01. The summed E-state index contributed by atoms with van der Waals surface area (Å²) < 4.78 is 14.4. The minimum Gasteiger partial charge on any atom is -0.481 e. The quantitative estimate of drug-likeness (QED) is 0.879. The molecule has 0 unspecified atom stereocenters. The number of halogens is 1. The van der Waals surface area contributed by atoms with Gasteiger partial charge in [-0.05, 0) is 24.3 Å². The molecule has 6 heteroatoms. The maximum atomic E-state index is 13.0. The summed E-state index contributed by atoms with van der Waals surface area (Å²) in [4.78, 5) is 10.9. The number of nitrogens with zero attached hydrogens (tertiary/aromatic N) is 2. The number of aliphatic carboxylic acids is 1. The van der Waals surface area contributed by atoms with Crippen molar-refractivity contribution in [2.75, 3.05) is 11.5 Å². The van der Waals surface area contributed by atoms with Gasteiger partial charge in [0.15, 0.2) is 5.82 Å². The minimum atomic E-state index is -0.859. The highest BCUT2D eigenvalue weighted by Gasteiger charge is 2.37. The van der Waals surface area contributed by atoms with Gasteiger partial charge in [0.05, 0.1) is 24.4 Å². The lowest BCUT2D eigenvalue weighted by molar-refractivity contribution is -0.139. The van der Waals surface area contributed by atoms with Crippen molar-refractivity contribution in [1.82, 2.24) is 9.78 Å². The third kappa shape index (κ3) is 2.21. The molecule has 1 aliphatic rings. The van der Waals surface area contributed by atoms with Crippen LogP contribution in [0, 0.1) is 5.82 Å². The van der Waals surface area contributed by atoms with Crippen LogP contribution in [0.2, 0.25) is 0 Å². The SMILES string of the molecule is O=C(O)CC1(n2cc(F)cn2)CCSCC1. The van der Waals surface area contributed by atoms with E-state index in [1.165, 1.54) is 10.9 Å². The lowest BCUT2D eigenvalue weighted by atomic mass is 9.88. The summed E-state index contributed by atoms with van der Waals surface area (Å²) in [7, 11) is 0. The van der Waals surface area contributed by atoms with Gasteiger partial charge in [-0.15, -0.1) is 0 Å². The summed E-state index contributed by atoms with van der Waals surface area (Å²) in [6.45, 7) is 0. The summed E-state index contributed by atoms with van der Waals surface area (Å²) in [6, 6.07) is 0. The number of rotatable bonds is 3. The van der Waals surface area contributed by atoms with E-state index < -0.39 is 17.3 Å². The van der Waals surface area contributed by atoms with Crippen molar-refractivity contribution in [3.63, 3.8) is 0 Å². The first-order chi connectivity index (χ1) is 7.62. The third-order valence-corrected chi connectivity index (χ3v) is 3.93. The maximum absolute atomic E-state index is 13.0. The van der Waals surface area contributed by atoms with E-state index >= 15 is 0 Å². The Morgan fingerprint density at radius 3 is 2.81 bits per heavy atom. The van der Waals surface area contributed by atoms with E-state index in [4.69, 9.17) is 5.11 Å². The van der Waals surface area contributed by atoms with Crippen LogP contribution in [0.1, 0.15) is 19.3 Å². The fraction of sp³-hybridized carbons (Fsp3) is 0.600. The van der Waals surface area contributed by atoms with Gasteiger partial charge in [0, 0.05) is 0 Å². The number of aromatic nitrogens is 2. The Morgan fingerprint density at radius 1 is 1.62 bits per heavy atom. The van der Waals surface area contributed by atoms with Crippen molar-refractivity contribution in [3.8, 4) is 0 Å². The van der Waals surface area contributed by atoms with Gasteiger partial charge in [0.1, 0.15) is 0 Å². The zero-order valence-corrected chi connectivity index (χ0v) is 9.54. The van der Waals surface area contributed by atoms with Crippen LogP contribution < -0.4 is 0 Å². The fourth-order valence-electron chi connectivity index (χ4n) is 2.08. The second-order valence-corrected chi connectivity index (χ2v) is 5.24. The van der Waals surface area contributed by atoms with E-state index in [0.717, 1.165) is 30.5 Å². The first kappa shape index (κ1) is 11.4. The molecular weight excluding hydrogens is 231 g/mol. The lowest BCUT2D eigenvalue weighted by Crippen LogP contribution is -2.40. The summed E-state index contributed by atoms with van der Waals surface area (Å²) in [5, 5.41) is 12.9. The average Bonchev–Trinajstić information content (AvgIpc) is 2.66. The van der Waals surface area contributed by atoms with E-state index in [2.05, 4.69) is 5.10 Å². The Hall–Kier alpha value is -1.04. The zero-order chi connectivity index (χ0) is 11.6. The van der Waals surface area contributed by atoms with Crippen molar-refractivity contribution < 1.29 is 14.3 Å². The molecule has 0 bridgehead atoms. The van der Waals surface area contributed by atoms with Crippen molar-refractivity contribution in [2.45, 2.75) is 24.8 Å². The molecule has 1 aliphatic heterocycles. The monoisotopic (exact) mass is 244 g/mol. The molecule has 0 atom stereocenters. The molecule has 88 valence electrons. The minimum absolute atomic E-state index is 0.00861. The standard InChI is InChI=1S/C10H13FN2O2S/c11-8-6-12-13(7-8)10(5-9(14)15)1-3-16-4-2-10/h6-7H,1-5H2,(H,14,15). The van der Waals surface area contributed by atoms with Crippen LogP contribution in [0.5, 0.6) is 0 Å². The molecule has 0 radical (unpaired) electrons. The lowest BCUT2D eigenvalue weighted by Gasteiger charge is -2.36. The highest BCUT2D eigenvalue weighted by Crippen LogP contribution is 2.36. The summed E-state index contributed by atoms with van der Waals surface area (Å²) in [5.41, 5.74) is -0.540. The van der Waals surface area contributed by atoms with Crippen molar-refractivity contribution in [2.24, 2.45) is 0 Å². The van der Waals surface area contributed by atoms with Crippen LogP contribution >= 0.6 is 11.8 Å². The molecule has 0 aromatic carbocycles. The van der Waals surface area contributed by atoms with E-state index in [1.807, 2.05) is 0 Å². The Kier molecular flexibility index (Phi) is 3.18. The Morgan fingerprint density at radius 2 is 2.31 bits per heavy atom. The van der Waals surface area contributed by atoms with Gasteiger partial charge >= 0.3 is 5.97 Å². The van der Waals surface area contributed by atoms with Gasteiger partial charge in [-0.3, -0.25) is 9.48 Å². The Labute approximate surface area is 96.8 Å².